The first-order valence-electron chi connectivity index (χ1n) is 10.0. The molecular formula is C22H18F9NO2. The highest BCUT2D eigenvalue weighted by Crippen LogP contribution is 2.45. The first kappa shape index (κ1) is 25.7. The van der Waals surface area contributed by atoms with Crippen molar-refractivity contribution in [3.63, 3.8) is 0 Å². The number of alkyl halides is 9. The Morgan fingerprint density at radius 3 is 1.85 bits per heavy atom. The van der Waals surface area contributed by atoms with Crippen LogP contribution in [0.15, 0.2) is 36.4 Å². The largest absolute Gasteiger partial charge is 0.465 e. The lowest BCUT2D eigenvalue weighted by Crippen LogP contribution is -2.44. The fraction of sp³-hybridized carbons (Fsp3) is 0.409. The van der Waals surface area contributed by atoms with E-state index in [1.54, 1.807) is 6.92 Å². The molecule has 2 unspecified atom stereocenters. The first-order chi connectivity index (χ1) is 15.5. The lowest BCUT2D eigenvalue weighted by molar-refractivity contribution is -0.143. The molecule has 0 fully saturated rings. The number of carboxylic acid groups (broad SMARTS) is 1. The van der Waals surface area contributed by atoms with Crippen LogP contribution < -0.4 is 4.90 Å². The fourth-order valence-corrected chi connectivity index (χ4v) is 4.26. The number of halogens is 9. The molecule has 3 nitrogen and oxygen atoms in total. The van der Waals surface area contributed by atoms with Crippen molar-refractivity contribution in [3.05, 3.63) is 64.2 Å². The molecule has 1 aliphatic heterocycles. The maximum absolute atomic E-state index is 13.3. The second kappa shape index (κ2) is 8.70. The average molecular weight is 499 g/mol. The van der Waals surface area contributed by atoms with E-state index in [0.29, 0.717) is 24.3 Å². The Kier molecular flexibility index (Phi) is 6.57. The highest BCUT2D eigenvalue weighted by Gasteiger charge is 2.40. The minimum absolute atomic E-state index is 0.0267. The van der Waals surface area contributed by atoms with Gasteiger partial charge in [-0.05, 0) is 72.7 Å². The molecule has 0 saturated heterocycles. The van der Waals surface area contributed by atoms with Gasteiger partial charge in [-0.1, -0.05) is 6.92 Å². The van der Waals surface area contributed by atoms with Gasteiger partial charge in [-0.3, -0.25) is 4.90 Å². The van der Waals surface area contributed by atoms with Gasteiger partial charge in [0.15, 0.2) is 0 Å². The summed E-state index contributed by atoms with van der Waals surface area (Å²) in [7, 11) is 0. The van der Waals surface area contributed by atoms with Crippen molar-refractivity contribution in [2.75, 3.05) is 4.90 Å². The molecule has 2 aromatic carbocycles. The van der Waals surface area contributed by atoms with Crippen LogP contribution in [0.3, 0.4) is 0 Å². The number of benzene rings is 2. The molecule has 0 saturated carbocycles. The van der Waals surface area contributed by atoms with E-state index >= 15 is 0 Å². The van der Waals surface area contributed by atoms with Crippen LogP contribution in [0.2, 0.25) is 0 Å². The zero-order valence-corrected chi connectivity index (χ0v) is 17.4. The van der Waals surface area contributed by atoms with Crippen LogP contribution in [0.25, 0.3) is 0 Å². The third-order valence-corrected chi connectivity index (χ3v) is 5.78. The van der Waals surface area contributed by atoms with Gasteiger partial charge in [-0.25, -0.2) is 4.79 Å². The third kappa shape index (κ3) is 5.25. The molecule has 1 aliphatic rings. The van der Waals surface area contributed by atoms with Crippen molar-refractivity contribution in [2.45, 2.75) is 56.7 Å². The molecule has 0 spiro atoms. The second-order valence-corrected chi connectivity index (χ2v) is 8.04. The van der Waals surface area contributed by atoms with Crippen molar-refractivity contribution in [1.82, 2.24) is 0 Å². The molecule has 0 radical (unpaired) electrons. The van der Waals surface area contributed by atoms with E-state index in [0.717, 1.165) is 11.0 Å². The van der Waals surface area contributed by atoms with Gasteiger partial charge >= 0.3 is 24.6 Å². The fourth-order valence-electron chi connectivity index (χ4n) is 4.26. The summed E-state index contributed by atoms with van der Waals surface area (Å²) in [6, 6.07) is 2.69. The molecule has 12 heteroatoms. The second-order valence-electron chi connectivity index (χ2n) is 8.04. The maximum atomic E-state index is 13.3. The quantitative estimate of drug-likeness (QED) is 0.439. The van der Waals surface area contributed by atoms with Crippen molar-refractivity contribution >= 4 is 11.8 Å². The summed E-state index contributed by atoms with van der Waals surface area (Å²) in [5.74, 6) is -0.942. The van der Waals surface area contributed by atoms with Crippen LogP contribution in [0, 0.1) is 0 Å². The monoisotopic (exact) mass is 499 g/mol. The summed E-state index contributed by atoms with van der Waals surface area (Å²) < 4.78 is 119. The zero-order chi connectivity index (χ0) is 25.6. The maximum Gasteiger partial charge on any atom is 0.416 e. The number of anilines is 1. The van der Waals surface area contributed by atoms with Crippen LogP contribution in [0.5, 0.6) is 0 Å². The van der Waals surface area contributed by atoms with Gasteiger partial charge in [0.25, 0.3) is 0 Å². The number of nitrogens with zero attached hydrogens (tertiary/aromatic N) is 1. The zero-order valence-electron chi connectivity index (χ0n) is 17.4. The lowest BCUT2D eigenvalue weighted by atomic mass is 9.80. The molecule has 3 rings (SSSR count). The highest BCUT2D eigenvalue weighted by atomic mass is 19.4. The minimum atomic E-state index is -5.07. The highest BCUT2D eigenvalue weighted by molar-refractivity contribution is 5.89. The molecule has 0 aromatic heterocycles. The molecule has 2 aromatic rings. The summed E-state index contributed by atoms with van der Waals surface area (Å²) >= 11 is 0. The van der Waals surface area contributed by atoms with E-state index < -0.39 is 59.7 Å². The Morgan fingerprint density at radius 1 is 0.882 bits per heavy atom. The number of carbonyl (C=O) groups is 1. The topological polar surface area (TPSA) is 40.5 Å². The van der Waals surface area contributed by atoms with E-state index in [1.807, 2.05) is 0 Å². The summed E-state index contributed by atoms with van der Waals surface area (Å²) in [5, 5.41) is 9.60. The Labute approximate surface area is 187 Å². The Morgan fingerprint density at radius 2 is 1.41 bits per heavy atom. The number of fused-ring (bicyclic) bond motifs is 1. The van der Waals surface area contributed by atoms with Crippen LogP contribution >= 0.6 is 0 Å². The van der Waals surface area contributed by atoms with Crippen molar-refractivity contribution < 1.29 is 49.4 Å². The van der Waals surface area contributed by atoms with Gasteiger partial charge < -0.3 is 5.11 Å². The van der Waals surface area contributed by atoms with Crippen LogP contribution in [-0.2, 0) is 24.9 Å². The molecule has 1 amide bonds. The van der Waals surface area contributed by atoms with E-state index in [1.165, 1.54) is 0 Å². The molecule has 34 heavy (non-hydrogen) atoms. The summed E-state index contributed by atoms with van der Waals surface area (Å²) in [6.07, 6.45) is -16.6. The average Bonchev–Trinajstić information content (AvgIpc) is 2.70. The minimum Gasteiger partial charge on any atom is -0.465 e. The van der Waals surface area contributed by atoms with E-state index in [4.69, 9.17) is 0 Å². The van der Waals surface area contributed by atoms with Gasteiger partial charge in [-0.2, -0.15) is 39.5 Å². The number of rotatable bonds is 3. The van der Waals surface area contributed by atoms with Gasteiger partial charge in [0.05, 0.1) is 22.4 Å². The number of hydrogen-bond donors (Lipinski definition) is 1. The van der Waals surface area contributed by atoms with E-state index in [-0.39, 0.29) is 35.7 Å². The van der Waals surface area contributed by atoms with Crippen LogP contribution in [0.4, 0.5) is 50.0 Å². The standard InChI is InChI=1S/C22H18F9NO2/c1-2-16-8-12(5-11-6-14(21(26,27)28)9-15(7-11)22(29,30)31)17-10-13(20(23,24)25)3-4-18(17)32(16)19(33)34/h3-4,6-7,9-10,12,16H,2,5,8H2,1H3,(H,33,34). The van der Waals surface area contributed by atoms with E-state index in [9.17, 15) is 49.4 Å². The Balaban J connectivity index is 2.15. The molecule has 0 aliphatic carbocycles. The first-order valence-corrected chi connectivity index (χ1v) is 10.0. The molecule has 186 valence electrons. The Bertz CT molecular complexity index is 1040. The molecule has 1 heterocycles. The lowest BCUT2D eigenvalue weighted by Gasteiger charge is -2.39. The van der Waals surface area contributed by atoms with Crippen molar-refractivity contribution in [1.29, 1.82) is 0 Å². The van der Waals surface area contributed by atoms with Crippen LogP contribution in [-0.4, -0.2) is 17.2 Å². The predicted octanol–water partition coefficient (Wildman–Crippen LogP) is 7.74. The van der Waals surface area contributed by atoms with Gasteiger partial charge in [0.1, 0.15) is 0 Å². The van der Waals surface area contributed by atoms with Crippen LogP contribution in [0.1, 0.15) is 53.5 Å². The van der Waals surface area contributed by atoms with Crippen molar-refractivity contribution in [3.8, 4) is 0 Å². The smallest absolute Gasteiger partial charge is 0.416 e. The van der Waals surface area contributed by atoms with Gasteiger partial charge in [0.2, 0.25) is 0 Å². The summed E-state index contributed by atoms with van der Waals surface area (Å²) in [6.45, 7) is 1.62. The van der Waals surface area contributed by atoms with E-state index in [2.05, 4.69) is 0 Å². The summed E-state index contributed by atoms with van der Waals surface area (Å²) in [5.41, 5.74) is -4.71. The predicted molar refractivity (Wildman–Crippen MR) is 104 cm³/mol. The number of amides is 1. The molecular weight excluding hydrogens is 481 g/mol. The third-order valence-electron chi connectivity index (χ3n) is 5.78. The molecule has 0 bridgehead atoms. The normalized spacial score (nSPS) is 19.2. The Hall–Kier alpha value is -2.92. The SMILES string of the molecule is CCC1CC(Cc2cc(C(F)(F)F)cc(C(F)(F)F)c2)c2cc(C(F)(F)F)ccc2N1C(=O)O. The summed E-state index contributed by atoms with van der Waals surface area (Å²) in [4.78, 5) is 12.7. The molecule has 1 N–H and O–H groups in total. The van der Waals surface area contributed by atoms with Crippen molar-refractivity contribution in [2.24, 2.45) is 0 Å². The van der Waals surface area contributed by atoms with Gasteiger partial charge in [0, 0.05) is 6.04 Å². The molecule has 2 atom stereocenters. The van der Waals surface area contributed by atoms with Gasteiger partial charge in [-0.15, -0.1) is 0 Å². The number of hydrogen-bond acceptors (Lipinski definition) is 1.